The number of carbonyl (C=O) groups excluding carboxylic acids is 2. The molecule has 0 unspecified atom stereocenters. The molecule has 0 aromatic rings. The molecule has 0 atom stereocenters. The fourth-order valence-electron chi connectivity index (χ4n) is 3.00. The Morgan fingerprint density at radius 1 is 1.24 bits per heavy atom. The number of nitrogens with two attached hydrogens (primary N) is 1. The molecule has 0 bridgehead atoms. The number of hydrogen-bond donors (Lipinski definition) is 2. The van der Waals surface area contributed by atoms with Gasteiger partial charge in [-0.15, -0.1) is 6.58 Å². The van der Waals surface area contributed by atoms with Crippen molar-refractivity contribution in [2.75, 3.05) is 45.8 Å². The van der Waals surface area contributed by atoms with E-state index < -0.39 is 0 Å². The number of hydrogen-bond acceptors (Lipinski definition) is 4. The topological polar surface area (TPSA) is 78.7 Å². The summed E-state index contributed by atoms with van der Waals surface area (Å²) < 4.78 is 0. The minimum atomic E-state index is -0.288. The summed E-state index contributed by atoms with van der Waals surface area (Å²) in [5, 5.41) is 2.77. The van der Waals surface area contributed by atoms with Crippen LogP contribution in [0.15, 0.2) is 12.7 Å². The van der Waals surface area contributed by atoms with Crippen LogP contribution in [0, 0.1) is 5.41 Å². The van der Waals surface area contributed by atoms with Gasteiger partial charge in [0.1, 0.15) is 0 Å². The average molecular weight is 294 g/mol. The number of amides is 2. The van der Waals surface area contributed by atoms with Crippen molar-refractivity contribution in [1.29, 1.82) is 0 Å². The van der Waals surface area contributed by atoms with E-state index >= 15 is 0 Å². The second-order valence-electron chi connectivity index (χ2n) is 6.00. The Labute approximate surface area is 126 Å². The minimum absolute atomic E-state index is 0.00657. The monoisotopic (exact) mass is 294 g/mol. The van der Waals surface area contributed by atoms with Gasteiger partial charge in [0.05, 0.1) is 12.0 Å². The SMILES string of the molecule is C=CCNC(=O)CN1CCN(C(=O)C2(CN)CCC2)CC1. The number of nitrogens with zero attached hydrogens (tertiary/aromatic N) is 2. The van der Waals surface area contributed by atoms with E-state index in [1.165, 1.54) is 0 Å². The van der Waals surface area contributed by atoms with Crippen LogP contribution < -0.4 is 11.1 Å². The van der Waals surface area contributed by atoms with Gasteiger partial charge in [-0.2, -0.15) is 0 Å². The molecule has 1 aliphatic carbocycles. The first kappa shape index (κ1) is 16.0. The Balaban J connectivity index is 1.76. The average Bonchev–Trinajstić information content (AvgIpc) is 2.45. The van der Waals surface area contributed by atoms with Gasteiger partial charge in [0, 0.05) is 39.3 Å². The van der Waals surface area contributed by atoms with Crippen LogP contribution in [-0.2, 0) is 9.59 Å². The van der Waals surface area contributed by atoms with Gasteiger partial charge in [0.2, 0.25) is 11.8 Å². The molecule has 1 saturated heterocycles. The summed E-state index contributed by atoms with van der Waals surface area (Å²) in [6.07, 6.45) is 4.62. The van der Waals surface area contributed by atoms with Gasteiger partial charge in [-0.25, -0.2) is 0 Å². The molecular formula is C15H26N4O2. The first-order chi connectivity index (χ1) is 10.1. The van der Waals surface area contributed by atoms with Crippen molar-refractivity contribution in [1.82, 2.24) is 15.1 Å². The molecule has 2 aliphatic rings. The Kier molecular flexibility index (Phi) is 5.36. The molecule has 1 heterocycles. The highest BCUT2D eigenvalue weighted by Gasteiger charge is 2.45. The molecule has 1 saturated carbocycles. The van der Waals surface area contributed by atoms with E-state index in [0.717, 1.165) is 32.4 Å². The Hall–Kier alpha value is -1.40. The molecule has 0 aromatic heterocycles. The number of carbonyl (C=O) groups is 2. The Morgan fingerprint density at radius 3 is 2.38 bits per heavy atom. The summed E-state index contributed by atoms with van der Waals surface area (Å²) in [6.45, 7) is 7.78. The smallest absolute Gasteiger partial charge is 0.234 e. The summed E-state index contributed by atoms with van der Waals surface area (Å²) in [5.41, 5.74) is 5.51. The zero-order valence-corrected chi connectivity index (χ0v) is 12.6. The minimum Gasteiger partial charge on any atom is -0.352 e. The Morgan fingerprint density at radius 2 is 1.90 bits per heavy atom. The van der Waals surface area contributed by atoms with Gasteiger partial charge in [0.25, 0.3) is 0 Å². The van der Waals surface area contributed by atoms with E-state index in [9.17, 15) is 9.59 Å². The maximum absolute atomic E-state index is 12.5. The van der Waals surface area contributed by atoms with Crippen molar-refractivity contribution in [3.05, 3.63) is 12.7 Å². The summed E-state index contributed by atoms with van der Waals surface area (Å²) in [4.78, 5) is 28.2. The van der Waals surface area contributed by atoms with Crippen molar-refractivity contribution in [2.45, 2.75) is 19.3 Å². The quantitative estimate of drug-likeness (QED) is 0.651. The van der Waals surface area contributed by atoms with Crippen LogP contribution in [0.4, 0.5) is 0 Å². The van der Waals surface area contributed by atoms with E-state index in [-0.39, 0.29) is 17.2 Å². The molecule has 0 radical (unpaired) electrons. The van der Waals surface area contributed by atoms with Gasteiger partial charge in [-0.05, 0) is 12.8 Å². The molecule has 2 fully saturated rings. The maximum Gasteiger partial charge on any atom is 0.234 e. The zero-order valence-electron chi connectivity index (χ0n) is 12.6. The van der Waals surface area contributed by atoms with Crippen LogP contribution in [0.2, 0.25) is 0 Å². The second-order valence-corrected chi connectivity index (χ2v) is 6.00. The van der Waals surface area contributed by atoms with E-state index in [1.807, 2.05) is 4.90 Å². The molecule has 0 aromatic carbocycles. The number of piperazine rings is 1. The molecule has 0 spiro atoms. The Bertz CT molecular complexity index is 393. The molecule has 6 heteroatoms. The predicted octanol–water partition coefficient (Wildman–Crippen LogP) is -0.438. The summed E-state index contributed by atoms with van der Waals surface area (Å²) >= 11 is 0. The van der Waals surface area contributed by atoms with Crippen molar-refractivity contribution in [2.24, 2.45) is 11.1 Å². The fraction of sp³-hybridized carbons (Fsp3) is 0.733. The van der Waals surface area contributed by atoms with Gasteiger partial charge in [0.15, 0.2) is 0 Å². The van der Waals surface area contributed by atoms with Gasteiger partial charge in [-0.3, -0.25) is 14.5 Å². The van der Waals surface area contributed by atoms with Crippen molar-refractivity contribution in [3.8, 4) is 0 Å². The third-order valence-electron chi connectivity index (χ3n) is 4.63. The van der Waals surface area contributed by atoms with E-state index in [0.29, 0.717) is 32.7 Å². The van der Waals surface area contributed by atoms with Crippen LogP contribution >= 0.6 is 0 Å². The summed E-state index contributed by atoms with van der Waals surface area (Å²) in [5.74, 6) is 0.221. The van der Waals surface area contributed by atoms with Crippen LogP contribution in [0.25, 0.3) is 0 Å². The predicted molar refractivity (Wildman–Crippen MR) is 81.6 cm³/mol. The lowest BCUT2D eigenvalue weighted by atomic mass is 9.67. The lowest BCUT2D eigenvalue weighted by molar-refractivity contribution is -0.148. The summed E-state index contributed by atoms with van der Waals surface area (Å²) in [7, 11) is 0. The molecule has 21 heavy (non-hydrogen) atoms. The standard InChI is InChI=1S/C15H26N4O2/c1-2-6-17-13(20)11-18-7-9-19(10-8-18)14(21)15(12-16)4-3-5-15/h2H,1,3-12,16H2,(H,17,20). The molecule has 1 aliphatic heterocycles. The fourth-order valence-corrected chi connectivity index (χ4v) is 3.00. The number of nitrogens with one attached hydrogen (secondary N) is 1. The molecule has 3 N–H and O–H groups in total. The maximum atomic E-state index is 12.5. The van der Waals surface area contributed by atoms with E-state index in [1.54, 1.807) is 6.08 Å². The third kappa shape index (κ3) is 3.63. The first-order valence-corrected chi connectivity index (χ1v) is 7.71. The van der Waals surface area contributed by atoms with E-state index in [2.05, 4.69) is 16.8 Å². The second kappa shape index (κ2) is 7.04. The van der Waals surface area contributed by atoms with Crippen molar-refractivity contribution in [3.63, 3.8) is 0 Å². The number of rotatable bonds is 6. The molecule has 6 nitrogen and oxygen atoms in total. The van der Waals surface area contributed by atoms with Crippen LogP contribution in [-0.4, -0.2) is 67.4 Å². The normalized spacial score (nSPS) is 21.5. The molecular weight excluding hydrogens is 268 g/mol. The third-order valence-corrected chi connectivity index (χ3v) is 4.63. The zero-order chi connectivity index (χ0) is 15.3. The first-order valence-electron chi connectivity index (χ1n) is 7.71. The van der Waals surface area contributed by atoms with Crippen LogP contribution in [0.1, 0.15) is 19.3 Å². The highest BCUT2D eigenvalue weighted by molar-refractivity contribution is 5.84. The largest absolute Gasteiger partial charge is 0.352 e. The van der Waals surface area contributed by atoms with Gasteiger partial charge < -0.3 is 16.0 Å². The van der Waals surface area contributed by atoms with Crippen molar-refractivity contribution >= 4 is 11.8 Å². The van der Waals surface area contributed by atoms with Crippen LogP contribution in [0.5, 0.6) is 0 Å². The molecule has 2 amide bonds. The molecule has 118 valence electrons. The lowest BCUT2D eigenvalue weighted by Crippen LogP contribution is -2.57. The van der Waals surface area contributed by atoms with Gasteiger partial charge in [-0.1, -0.05) is 12.5 Å². The summed E-state index contributed by atoms with van der Waals surface area (Å²) in [6, 6.07) is 0. The van der Waals surface area contributed by atoms with Crippen molar-refractivity contribution < 1.29 is 9.59 Å². The molecule has 2 rings (SSSR count). The highest BCUT2D eigenvalue weighted by Crippen LogP contribution is 2.41. The highest BCUT2D eigenvalue weighted by atomic mass is 16.2. The van der Waals surface area contributed by atoms with Crippen LogP contribution in [0.3, 0.4) is 0 Å². The van der Waals surface area contributed by atoms with E-state index in [4.69, 9.17) is 5.73 Å². The van der Waals surface area contributed by atoms with Gasteiger partial charge >= 0.3 is 0 Å². The lowest BCUT2D eigenvalue weighted by Gasteiger charge is -2.45.